The highest BCUT2D eigenvalue weighted by Gasteiger charge is 2.66. The molecule has 2 fully saturated rings. The number of rotatable bonds is 1. The molecule has 21 heavy (non-hydrogen) atoms. The van der Waals surface area contributed by atoms with Crippen LogP contribution in [0.4, 0.5) is 0 Å². The molecule has 0 aromatic carbocycles. The SMILES string of the molecule is C=C(C)c1cc2c(o1)[C@H]1O[C@@H]3C[C@@]1(O)[C@@H](CC3(C)C)[C@@H]2O. The Morgan fingerprint density at radius 1 is 1.38 bits per heavy atom. The Morgan fingerprint density at radius 2 is 2.10 bits per heavy atom. The zero-order valence-electron chi connectivity index (χ0n) is 12.7. The first-order valence-electron chi connectivity index (χ1n) is 7.59. The van der Waals surface area contributed by atoms with Crippen LogP contribution in [0.15, 0.2) is 17.1 Å². The van der Waals surface area contributed by atoms with Crippen LogP contribution in [0.25, 0.3) is 5.57 Å². The van der Waals surface area contributed by atoms with Crippen molar-refractivity contribution in [3.05, 3.63) is 29.7 Å². The number of hydrogen-bond donors (Lipinski definition) is 2. The van der Waals surface area contributed by atoms with Crippen molar-refractivity contribution in [2.45, 2.75) is 57.5 Å². The van der Waals surface area contributed by atoms with Crippen LogP contribution >= 0.6 is 0 Å². The first-order valence-corrected chi connectivity index (χ1v) is 7.59. The van der Waals surface area contributed by atoms with Gasteiger partial charge < -0.3 is 19.4 Å². The lowest BCUT2D eigenvalue weighted by atomic mass is 9.59. The maximum Gasteiger partial charge on any atom is 0.145 e. The average Bonchev–Trinajstić information content (AvgIpc) is 2.94. The van der Waals surface area contributed by atoms with E-state index in [0.29, 0.717) is 17.9 Å². The van der Waals surface area contributed by atoms with Crippen LogP contribution in [0.2, 0.25) is 0 Å². The number of ether oxygens (including phenoxy) is 1. The third-order valence-corrected chi connectivity index (χ3v) is 5.68. The second-order valence-corrected chi connectivity index (χ2v) is 7.65. The molecule has 114 valence electrons. The van der Waals surface area contributed by atoms with E-state index in [1.165, 1.54) is 0 Å². The number of aliphatic hydroxyl groups excluding tert-OH is 1. The zero-order valence-corrected chi connectivity index (χ0v) is 12.7. The van der Waals surface area contributed by atoms with Gasteiger partial charge in [-0.2, -0.15) is 0 Å². The Hall–Kier alpha value is -1.10. The molecule has 5 atom stereocenters. The van der Waals surface area contributed by atoms with Crippen molar-refractivity contribution in [2.75, 3.05) is 0 Å². The van der Waals surface area contributed by atoms with Crippen LogP contribution in [-0.2, 0) is 4.74 Å². The quantitative estimate of drug-likeness (QED) is 0.834. The number of fused-ring (bicyclic) bond motifs is 3. The summed E-state index contributed by atoms with van der Waals surface area (Å²) in [5, 5.41) is 21.9. The summed E-state index contributed by atoms with van der Waals surface area (Å²) in [6.45, 7) is 10.0. The molecule has 2 aliphatic carbocycles. The van der Waals surface area contributed by atoms with Crippen molar-refractivity contribution in [2.24, 2.45) is 11.3 Å². The smallest absolute Gasteiger partial charge is 0.145 e. The molecule has 2 bridgehead atoms. The summed E-state index contributed by atoms with van der Waals surface area (Å²) in [7, 11) is 0. The average molecular weight is 290 g/mol. The lowest BCUT2D eigenvalue weighted by Gasteiger charge is -2.47. The van der Waals surface area contributed by atoms with Crippen LogP contribution in [0.5, 0.6) is 0 Å². The normalized spacial score (nSPS) is 42.7. The van der Waals surface area contributed by atoms with Gasteiger partial charge in [0.1, 0.15) is 23.2 Å². The Labute approximate surface area is 124 Å². The third-order valence-electron chi connectivity index (χ3n) is 5.68. The van der Waals surface area contributed by atoms with Gasteiger partial charge in [-0.1, -0.05) is 20.4 Å². The van der Waals surface area contributed by atoms with Gasteiger partial charge in [-0.25, -0.2) is 0 Å². The molecule has 2 heterocycles. The molecule has 4 nitrogen and oxygen atoms in total. The van der Waals surface area contributed by atoms with Crippen molar-refractivity contribution < 1.29 is 19.4 Å². The number of allylic oxidation sites excluding steroid dienone is 1. The van der Waals surface area contributed by atoms with Gasteiger partial charge in [0.25, 0.3) is 0 Å². The maximum atomic E-state index is 11.1. The van der Waals surface area contributed by atoms with Gasteiger partial charge in [-0.15, -0.1) is 0 Å². The topological polar surface area (TPSA) is 62.8 Å². The lowest BCUT2D eigenvalue weighted by Crippen LogP contribution is -2.52. The summed E-state index contributed by atoms with van der Waals surface area (Å²) in [4.78, 5) is 0. The minimum atomic E-state index is -1.02. The van der Waals surface area contributed by atoms with Crippen molar-refractivity contribution in [1.82, 2.24) is 0 Å². The zero-order chi connectivity index (χ0) is 15.2. The van der Waals surface area contributed by atoms with E-state index in [-0.39, 0.29) is 17.4 Å². The Kier molecular flexibility index (Phi) is 2.46. The first kappa shape index (κ1) is 13.6. The molecule has 4 rings (SSSR count). The fraction of sp³-hybridized carbons (Fsp3) is 0.647. The fourth-order valence-electron chi connectivity index (χ4n) is 4.37. The minimum absolute atomic E-state index is 0.000257. The second kappa shape index (κ2) is 3.80. The Balaban J connectivity index is 1.88. The molecule has 3 aliphatic rings. The predicted octanol–water partition coefficient (Wildman–Crippen LogP) is 2.97. The van der Waals surface area contributed by atoms with Gasteiger partial charge in [0.05, 0.1) is 12.2 Å². The number of furan rings is 1. The number of hydrogen-bond acceptors (Lipinski definition) is 4. The standard InChI is InChI=1S/C17H22O4/c1-8(2)11-5-9-13(18)10-6-16(3,4)12-7-17(10,19)15(21-12)14(9)20-11/h5,10,12-13,15,18-19H,1,6-7H2,2-4H3/t10-,12+,13+,15+,17+/m0/s1. The Morgan fingerprint density at radius 3 is 2.76 bits per heavy atom. The van der Waals surface area contributed by atoms with Crippen molar-refractivity contribution >= 4 is 5.57 Å². The van der Waals surface area contributed by atoms with Crippen LogP contribution in [-0.4, -0.2) is 21.9 Å². The molecule has 2 N–H and O–H groups in total. The van der Waals surface area contributed by atoms with Gasteiger partial charge in [-0.3, -0.25) is 0 Å². The Bertz CT molecular complexity index is 629. The lowest BCUT2D eigenvalue weighted by molar-refractivity contribution is -0.135. The number of aliphatic hydroxyl groups is 2. The molecule has 4 heteroatoms. The molecule has 0 spiro atoms. The van der Waals surface area contributed by atoms with Crippen LogP contribution in [0, 0.1) is 11.3 Å². The van der Waals surface area contributed by atoms with E-state index in [1.807, 2.05) is 13.0 Å². The fourth-order valence-corrected chi connectivity index (χ4v) is 4.37. The van der Waals surface area contributed by atoms with E-state index in [0.717, 1.165) is 17.6 Å². The van der Waals surface area contributed by atoms with Crippen molar-refractivity contribution in [1.29, 1.82) is 0 Å². The van der Waals surface area contributed by atoms with Crippen molar-refractivity contribution in [3.8, 4) is 0 Å². The summed E-state index contributed by atoms with van der Waals surface area (Å²) in [6, 6.07) is 1.85. The maximum absolute atomic E-state index is 11.1. The van der Waals surface area contributed by atoms with Gasteiger partial charge in [0, 0.05) is 17.9 Å². The summed E-state index contributed by atoms with van der Waals surface area (Å²) in [5.41, 5.74) is 0.499. The summed E-state index contributed by atoms with van der Waals surface area (Å²) in [6.07, 6.45) is 0.134. The molecule has 1 aliphatic heterocycles. The monoisotopic (exact) mass is 290 g/mol. The molecule has 1 saturated heterocycles. The second-order valence-electron chi connectivity index (χ2n) is 7.65. The van der Waals surface area contributed by atoms with E-state index in [4.69, 9.17) is 9.15 Å². The molecule has 0 radical (unpaired) electrons. The first-order chi connectivity index (χ1) is 9.74. The van der Waals surface area contributed by atoms with Crippen molar-refractivity contribution in [3.63, 3.8) is 0 Å². The molecule has 1 saturated carbocycles. The highest BCUT2D eigenvalue weighted by molar-refractivity contribution is 5.58. The molecular weight excluding hydrogens is 268 g/mol. The van der Waals surface area contributed by atoms with Crippen LogP contribution in [0.1, 0.15) is 62.9 Å². The van der Waals surface area contributed by atoms with E-state index in [1.54, 1.807) is 0 Å². The molecular formula is C17H22O4. The van der Waals surface area contributed by atoms with E-state index in [9.17, 15) is 10.2 Å². The minimum Gasteiger partial charge on any atom is -0.458 e. The van der Waals surface area contributed by atoms with Gasteiger partial charge in [0.2, 0.25) is 0 Å². The molecule has 0 unspecified atom stereocenters. The van der Waals surface area contributed by atoms with Gasteiger partial charge >= 0.3 is 0 Å². The predicted molar refractivity (Wildman–Crippen MR) is 77.4 cm³/mol. The van der Waals surface area contributed by atoms with E-state index >= 15 is 0 Å². The highest BCUT2D eigenvalue weighted by atomic mass is 16.5. The largest absolute Gasteiger partial charge is 0.458 e. The van der Waals surface area contributed by atoms with E-state index < -0.39 is 17.8 Å². The summed E-state index contributed by atoms with van der Waals surface area (Å²) < 4.78 is 12.0. The van der Waals surface area contributed by atoms with E-state index in [2.05, 4.69) is 20.4 Å². The van der Waals surface area contributed by atoms with Crippen LogP contribution < -0.4 is 0 Å². The molecule has 1 aromatic rings. The van der Waals surface area contributed by atoms with Gasteiger partial charge in [0.15, 0.2) is 0 Å². The summed E-state index contributed by atoms with van der Waals surface area (Å²) >= 11 is 0. The summed E-state index contributed by atoms with van der Waals surface area (Å²) in [5.74, 6) is 1.03. The molecule has 0 amide bonds. The molecule has 1 aromatic heterocycles. The van der Waals surface area contributed by atoms with Gasteiger partial charge in [-0.05, 0) is 30.4 Å². The highest BCUT2D eigenvalue weighted by Crippen LogP contribution is 2.64. The van der Waals surface area contributed by atoms with Crippen LogP contribution in [0.3, 0.4) is 0 Å². The third kappa shape index (κ3) is 1.56.